The third-order valence-electron chi connectivity index (χ3n) is 3.86. The van der Waals surface area contributed by atoms with E-state index in [9.17, 15) is 0 Å². The molecule has 0 spiro atoms. The SMILES string of the molecule is Cc1[c-]c2c3ccccc3ccc2c2ccccc12.[Ir]. The van der Waals surface area contributed by atoms with Crippen LogP contribution in [0.25, 0.3) is 32.3 Å². The summed E-state index contributed by atoms with van der Waals surface area (Å²) in [5.41, 5.74) is 1.22. The molecule has 20 heavy (non-hydrogen) atoms. The summed E-state index contributed by atoms with van der Waals surface area (Å²) >= 11 is 0. The summed E-state index contributed by atoms with van der Waals surface area (Å²) in [6.07, 6.45) is 0. The molecular formula is C19H13Ir-. The van der Waals surface area contributed by atoms with Crippen molar-refractivity contribution in [3.05, 3.63) is 72.3 Å². The van der Waals surface area contributed by atoms with Crippen molar-refractivity contribution in [2.24, 2.45) is 0 Å². The molecule has 0 bridgehead atoms. The van der Waals surface area contributed by atoms with Crippen molar-refractivity contribution in [3.8, 4) is 0 Å². The van der Waals surface area contributed by atoms with Gasteiger partial charge in [0.1, 0.15) is 0 Å². The van der Waals surface area contributed by atoms with Crippen LogP contribution in [0.5, 0.6) is 0 Å². The fourth-order valence-electron chi connectivity index (χ4n) is 2.93. The number of aryl methyl sites for hydroxylation is 1. The van der Waals surface area contributed by atoms with Gasteiger partial charge >= 0.3 is 0 Å². The van der Waals surface area contributed by atoms with Gasteiger partial charge in [0.05, 0.1) is 0 Å². The zero-order valence-corrected chi connectivity index (χ0v) is 13.5. The van der Waals surface area contributed by atoms with E-state index in [-0.39, 0.29) is 20.1 Å². The molecule has 99 valence electrons. The molecular weight excluding hydrogens is 420 g/mol. The van der Waals surface area contributed by atoms with Crippen molar-refractivity contribution in [1.82, 2.24) is 0 Å². The van der Waals surface area contributed by atoms with Gasteiger partial charge in [-0.05, 0) is 0 Å². The first-order valence-corrected chi connectivity index (χ1v) is 6.57. The molecule has 0 saturated carbocycles. The Labute approximate surface area is 131 Å². The van der Waals surface area contributed by atoms with Crippen molar-refractivity contribution in [2.75, 3.05) is 0 Å². The Morgan fingerprint density at radius 3 is 2.10 bits per heavy atom. The average Bonchev–Trinajstić information content (AvgIpc) is 2.47. The van der Waals surface area contributed by atoms with Gasteiger partial charge in [0.15, 0.2) is 0 Å². The van der Waals surface area contributed by atoms with E-state index >= 15 is 0 Å². The molecule has 0 unspecified atom stereocenters. The summed E-state index contributed by atoms with van der Waals surface area (Å²) in [5.74, 6) is 0. The smallest absolute Gasteiger partial charge is 0 e. The van der Waals surface area contributed by atoms with Crippen LogP contribution in [0, 0.1) is 13.0 Å². The molecule has 0 fully saturated rings. The van der Waals surface area contributed by atoms with Crippen molar-refractivity contribution in [3.63, 3.8) is 0 Å². The Balaban J connectivity index is 0.00000121. The van der Waals surface area contributed by atoms with Crippen molar-refractivity contribution in [1.29, 1.82) is 0 Å². The standard InChI is InChI=1S/C19H13.Ir/c1-13-12-19-16-8-3-2-6-14(16)10-11-18(19)17-9-5-4-7-15(13)17;/h2-11H,1H3;/q-1;. The van der Waals surface area contributed by atoms with Gasteiger partial charge in [0.2, 0.25) is 0 Å². The van der Waals surface area contributed by atoms with Gasteiger partial charge in [-0.2, -0.15) is 0 Å². The molecule has 0 N–H and O–H groups in total. The molecule has 0 aliphatic carbocycles. The first kappa shape index (κ1) is 13.3. The zero-order chi connectivity index (χ0) is 12.8. The van der Waals surface area contributed by atoms with Crippen LogP contribution in [0.2, 0.25) is 0 Å². The largest absolute Gasteiger partial charge is 0.139 e. The van der Waals surface area contributed by atoms with Crippen LogP contribution in [0.15, 0.2) is 60.7 Å². The summed E-state index contributed by atoms with van der Waals surface area (Å²) < 4.78 is 0. The van der Waals surface area contributed by atoms with Gasteiger partial charge in [0, 0.05) is 20.1 Å². The Morgan fingerprint density at radius 2 is 1.30 bits per heavy atom. The first-order valence-electron chi connectivity index (χ1n) is 6.57. The predicted octanol–water partition coefficient (Wildman–Crippen LogP) is 5.25. The molecule has 0 amide bonds. The van der Waals surface area contributed by atoms with Gasteiger partial charge in [-0.3, -0.25) is 0 Å². The maximum absolute atomic E-state index is 3.58. The predicted molar refractivity (Wildman–Crippen MR) is 82.5 cm³/mol. The van der Waals surface area contributed by atoms with E-state index < -0.39 is 0 Å². The Kier molecular flexibility index (Phi) is 3.33. The van der Waals surface area contributed by atoms with Gasteiger partial charge < -0.3 is 0 Å². The Morgan fingerprint density at radius 1 is 0.650 bits per heavy atom. The molecule has 0 aliphatic rings. The number of benzene rings is 4. The van der Waals surface area contributed by atoms with E-state index in [0.29, 0.717) is 0 Å². The topological polar surface area (TPSA) is 0 Å². The monoisotopic (exact) mass is 434 g/mol. The van der Waals surface area contributed by atoms with Crippen LogP contribution < -0.4 is 0 Å². The Bertz CT molecular complexity index is 922. The van der Waals surface area contributed by atoms with Crippen molar-refractivity contribution >= 4 is 32.3 Å². The van der Waals surface area contributed by atoms with E-state index in [2.05, 4.69) is 73.7 Å². The van der Waals surface area contributed by atoms with E-state index in [1.165, 1.54) is 37.9 Å². The van der Waals surface area contributed by atoms with Gasteiger partial charge in [-0.25, -0.2) is 0 Å². The van der Waals surface area contributed by atoms with Gasteiger partial charge in [0.25, 0.3) is 0 Å². The normalized spacial score (nSPS) is 10.8. The van der Waals surface area contributed by atoms with Crippen LogP contribution in [-0.4, -0.2) is 0 Å². The molecule has 4 aromatic carbocycles. The number of fused-ring (bicyclic) bond motifs is 5. The average molecular weight is 434 g/mol. The fourth-order valence-corrected chi connectivity index (χ4v) is 2.93. The van der Waals surface area contributed by atoms with E-state index in [1.54, 1.807) is 0 Å². The van der Waals surface area contributed by atoms with E-state index in [1.807, 2.05) is 0 Å². The van der Waals surface area contributed by atoms with Crippen LogP contribution >= 0.6 is 0 Å². The van der Waals surface area contributed by atoms with Crippen LogP contribution in [-0.2, 0) is 20.1 Å². The molecule has 0 aromatic heterocycles. The molecule has 0 aliphatic heterocycles. The third kappa shape index (κ3) is 1.86. The summed E-state index contributed by atoms with van der Waals surface area (Å²) in [4.78, 5) is 0. The second-order valence-electron chi connectivity index (χ2n) is 5.00. The minimum absolute atomic E-state index is 0. The molecule has 0 heterocycles. The summed E-state index contributed by atoms with van der Waals surface area (Å²) in [6, 6.07) is 25.1. The number of hydrogen-bond donors (Lipinski definition) is 0. The van der Waals surface area contributed by atoms with Crippen LogP contribution in [0.1, 0.15) is 5.56 Å². The number of hydrogen-bond acceptors (Lipinski definition) is 0. The maximum atomic E-state index is 3.58. The summed E-state index contributed by atoms with van der Waals surface area (Å²) in [5, 5.41) is 7.70. The first-order chi connectivity index (χ1) is 9.34. The van der Waals surface area contributed by atoms with Gasteiger partial charge in [-0.15, -0.1) is 22.4 Å². The number of rotatable bonds is 0. The second kappa shape index (κ2) is 5.01. The molecule has 0 saturated heterocycles. The van der Waals surface area contributed by atoms with E-state index in [4.69, 9.17) is 0 Å². The molecule has 0 nitrogen and oxygen atoms in total. The van der Waals surface area contributed by atoms with Crippen molar-refractivity contribution in [2.45, 2.75) is 6.92 Å². The molecule has 4 rings (SSSR count). The van der Waals surface area contributed by atoms with Crippen LogP contribution in [0.4, 0.5) is 0 Å². The molecule has 0 atom stereocenters. The molecule has 1 radical (unpaired) electrons. The van der Waals surface area contributed by atoms with Crippen molar-refractivity contribution < 1.29 is 20.1 Å². The zero-order valence-electron chi connectivity index (χ0n) is 11.1. The fraction of sp³-hybridized carbons (Fsp3) is 0.0526. The summed E-state index contributed by atoms with van der Waals surface area (Å²) in [7, 11) is 0. The third-order valence-corrected chi connectivity index (χ3v) is 3.86. The molecule has 4 aromatic rings. The maximum Gasteiger partial charge on any atom is 0 e. The van der Waals surface area contributed by atoms with Gasteiger partial charge in [-0.1, -0.05) is 89.1 Å². The Hall–Kier alpha value is -1.69. The second-order valence-corrected chi connectivity index (χ2v) is 5.00. The van der Waals surface area contributed by atoms with Crippen LogP contribution in [0.3, 0.4) is 0 Å². The van der Waals surface area contributed by atoms with E-state index in [0.717, 1.165) is 0 Å². The molecule has 1 heteroatoms. The summed E-state index contributed by atoms with van der Waals surface area (Å²) in [6.45, 7) is 2.14. The quantitative estimate of drug-likeness (QED) is 0.262. The minimum atomic E-state index is 0. The minimum Gasteiger partial charge on any atom is -0.139 e.